The molecule has 7 nitrogen and oxygen atoms in total. The molecule has 0 aliphatic rings. The van der Waals surface area contributed by atoms with E-state index in [0.29, 0.717) is 0 Å². The third-order valence-electron chi connectivity index (χ3n) is 1.15. The predicted molar refractivity (Wildman–Crippen MR) is 36.8 cm³/mol. The fraction of sp³-hybridized carbons (Fsp3) is 0.400. The maximum absolute atomic E-state index is 10.6. The largest absolute Gasteiger partial charge is 0.444 e. The van der Waals surface area contributed by atoms with Crippen molar-refractivity contribution in [3.8, 4) is 6.01 Å². The lowest BCUT2D eigenvalue weighted by atomic mass is 11.0. The lowest BCUT2D eigenvalue weighted by molar-refractivity contribution is 0.195. The molecule has 1 rings (SSSR count). The van der Waals surface area contributed by atoms with Crippen LogP contribution in [-0.2, 0) is 7.05 Å². The van der Waals surface area contributed by atoms with Gasteiger partial charge in [-0.2, -0.15) is 0 Å². The number of hydrogen-bond donors (Lipinski definition) is 1. The smallest absolute Gasteiger partial charge is 0.373 e. The highest BCUT2D eigenvalue weighted by Gasteiger charge is 2.10. The average Bonchev–Trinajstić information content (AvgIpc) is 2.36. The summed E-state index contributed by atoms with van der Waals surface area (Å²) < 4.78 is 9.68. The molecule has 1 aromatic heterocycles. The van der Waals surface area contributed by atoms with Crippen molar-refractivity contribution in [2.24, 2.45) is 7.05 Å². The number of carbonyl (C=O) groups is 1. The minimum atomic E-state index is -0.709. The summed E-state index contributed by atoms with van der Waals surface area (Å²) in [6, 6.07) is -0.181. The second-order valence-corrected chi connectivity index (χ2v) is 1.93. The van der Waals surface area contributed by atoms with Crippen molar-refractivity contribution in [1.82, 2.24) is 15.0 Å². The second-order valence-electron chi connectivity index (χ2n) is 1.93. The Kier molecular flexibility index (Phi) is 2.13. The Balaban J connectivity index is 2.83. The Morgan fingerprint density at radius 2 is 2.42 bits per heavy atom. The van der Waals surface area contributed by atoms with Crippen LogP contribution in [0.1, 0.15) is 0 Å². The van der Waals surface area contributed by atoms with Crippen LogP contribution >= 0.6 is 0 Å². The number of carbonyl (C=O) groups excluding carboxylic acids is 1. The van der Waals surface area contributed by atoms with Gasteiger partial charge in [0.15, 0.2) is 0 Å². The predicted octanol–water partition coefficient (Wildman–Crippen LogP) is -0.909. The van der Waals surface area contributed by atoms with Crippen LogP contribution in [-0.4, -0.2) is 22.9 Å². The number of nitrogens with zero attached hydrogens (tertiary/aromatic N) is 2. The number of ether oxygens (including phenoxy) is 1. The van der Waals surface area contributed by atoms with Gasteiger partial charge in [-0.05, 0) is 5.16 Å². The fourth-order valence-corrected chi connectivity index (χ4v) is 0.500. The fourth-order valence-electron chi connectivity index (χ4n) is 0.500. The minimum Gasteiger partial charge on any atom is -0.373 e. The molecule has 1 N–H and O–H groups in total. The summed E-state index contributed by atoms with van der Waals surface area (Å²) in [5.41, 5.74) is 0. The monoisotopic (exact) mass is 173 g/mol. The van der Waals surface area contributed by atoms with Gasteiger partial charge in [0.1, 0.15) is 0 Å². The summed E-state index contributed by atoms with van der Waals surface area (Å²) in [4.78, 5) is 21.2. The molecule has 0 radical (unpaired) electrons. The van der Waals surface area contributed by atoms with Crippen LogP contribution in [0.15, 0.2) is 9.32 Å². The summed E-state index contributed by atoms with van der Waals surface area (Å²) >= 11 is 0. The van der Waals surface area contributed by atoms with Gasteiger partial charge in [-0.3, -0.25) is 4.52 Å². The van der Waals surface area contributed by atoms with Gasteiger partial charge >= 0.3 is 17.9 Å². The zero-order valence-corrected chi connectivity index (χ0v) is 6.53. The molecule has 66 valence electrons. The molecule has 1 amide bonds. The van der Waals surface area contributed by atoms with Crippen LogP contribution in [0, 0.1) is 0 Å². The van der Waals surface area contributed by atoms with E-state index in [1.54, 1.807) is 0 Å². The van der Waals surface area contributed by atoms with Crippen LogP contribution in [0.25, 0.3) is 0 Å². The molecule has 7 heteroatoms. The Labute approximate surface area is 66.9 Å². The molecule has 12 heavy (non-hydrogen) atoms. The van der Waals surface area contributed by atoms with Gasteiger partial charge in [0, 0.05) is 14.1 Å². The first kappa shape index (κ1) is 8.31. The Hall–Kier alpha value is -1.79. The zero-order chi connectivity index (χ0) is 9.14. The molecule has 0 aromatic carbocycles. The maximum atomic E-state index is 10.6. The van der Waals surface area contributed by atoms with Gasteiger partial charge in [-0.1, -0.05) is 0 Å². The first-order valence-electron chi connectivity index (χ1n) is 3.07. The zero-order valence-electron chi connectivity index (χ0n) is 6.53. The molecule has 0 saturated heterocycles. The van der Waals surface area contributed by atoms with Crippen LogP contribution < -0.4 is 15.8 Å². The van der Waals surface area contributed by atoms with Gasteiger partial charge in [-0.15, -0.1) is 0 Å². The number of nitrogens with one attached hydrogen (secondary N) is 1. The highest BCUT2D eigenvalue weighted by molar-refractivity contribution is 5.68. The standard InChI is InChI=1S/C5H7N3O4/c1-6-4(9)11-3-7-12-5(10)8(3)2/h1-2H3,(H,6,9). The molecule has 0 unspecified atom stereocenters. The van der Waals surface area contributed by atoms with E-state index in [9.17, 15) is 9.59 Å². The minimum absolute atomic E-state index is 0.181. The molecule has 1 aromatic rings. The first-order chi connectivity index (χ1) is 5.65. The van der Waals surface area contributed by atoms with Crippen molar-refractivity contribution in [3.63, 3.8) is 0 Å². The summed E-state index contributed by atoms with van der Waals surface area (Å²) in [7, 11) is 2.76. The van der Waals surface area contributed by atoms with Gasteiger partial charge < -0.3 is 10.1 Å². The average molecular weight is 173 g/mol. The van der Waals surface area contributed by atoms with Crippen LogP contribution in [0.5, 0.6) is 6.01 Å². The van der Waals surface area contributed by atoms with Crippen molar-refractivity contribution in [3.05, 3.63) is 10.6 Å². The first-order valence-corrected chi connectivity index (χ1v) is 3.07. The molecule has 0 atom stereocenters. The molecule has 0 fully saturated rings. The summed E-state index contributed by atoms with van der Waals surface area (Å²) in [5, 5.41) is 5.39. The Bertz CT molecular complexity index is 339. The number of aromatic nitrogens is 2. The second kappa shape index (κ2) is 3.07. The Morgan fingerprint density at radius 3 is 2.83 bits per heavy atom. The van der Waals surface area contributed by atoms with Crippen molar-refractivity contribution >= 4 is 6.09 Å². The molecular formula is C5H7N3O4. The van der Waals surface area contributed by atoms with E-state index in [0.717, 1.165) is 4.57 Å². The third kappa shape index (κ3) is 1.44. The SMILES string of the molecule is CNC(=O)Oc1noc(=O)n1C. The quantitative estimate of drug-likeness (QED) is 0.594. The van der Waals surface area contributed by atoms with E-state index in [1.165, 1.54) is 14.1 Å². The molecule has 0 bridgehead atoms. The summed E-state index contributed by atoms with van der Waals surface area (Å²) in [6.45, 7) is 0. The molecular weight excluding hydrogens is 166 g/mol. The summed E-state index contributed by atoms with van der Waals surface area (Å²) in [5.74, 6) is -0.686. The molecule has 1 heterocycles. The summed E-state index contributed by atoms with van der Waals surface area (Å²) in [6.07, 6.45) is -0.709. The van der Waals surface area contributed by atoms with E-state index in [-0.39, 0.29) is 6.01 Å². The van der Waals surface area contributed by atoms with E-state index in [2.05, 4.69) is 19.7 Å². The van der Waals surface area contributed by atoms with Crippen molar-refractivity contribution in [2.45, 2.75) is 0 Å². The maximum Gasteiger partial charge on any atom is 0.444 e. The topological polar surface area (TPSA) is 86.4 Å². The highest BCUT2D eigenvalue weighted by atomic mass is 16.6. The van der Waals surface area contributed by atoms with Gasteiger partial charge in [0.05, 0.1) is 0 Å². The Morgan fingerprint density at radius 1 is 1.75 bits per heavy atom. The van der Waals surface area contributed by atoms with Crippen LogP contribution in [0.4, 0.5) is 4.79 Å². The molecule has 0 spiro atoms. The van der Waals surface area contributed by atoms with Crippen molar-refractivity contribution in [2.75, 3.05) is 7.05 Å². The van der Waals surface area contributed by atoms with Crippen LogP contribution in [0.2, 0.25) is 0 Å². The van der Waals surface area contributed by atoms with E-state index in [1.807, 2.05) is 0 Å². The van der Waals surface area contributed by atoms with E-state index in [4.69, 9.17) is 0 Å². The van der Waals surface area contributed by atoms with Crippen molar-refractivity contribution in [1.29, 1.82) is 0 Å². The van der Waals surface area contributed by atoms with E-state index >= 15 is 0 Å². The third-order valence-corrected chi connectivity index (χ3v) is 1.15. The highest BCUT2D eigenvalue weighted by Crippen LogP contribution is 1.99. The van der Waals surface area contributed by atoms with Gasteiger partial charge in [0.25, 0.3) is 0 Å². The molecule has 0 aliphatic heterocycles. The lowest BCUT2D eigenvalue weighted by Gasteiger charge is -1.97. The van der Waals surface area contributed by atoms with Crippen molar-refractivity contribution < 1.29 is 14.1 Å². The molecule has 0 saturated carbocycles. The van der Waals surface area contributed by atoms with E-state index < -0.39 is 11.8 Å². The lowest BCUT2D eigenvalue weighted by Crippen LogP contribution is -2.24. The van der Waals surface area contributed by atoms with Gasteiger partial charge in [0.2, 0.25) is 0 Å². The van der Waals surface area contributed by atoms with Crippen LogP contribution in [0.3, 0.4) is 0 Å². The molecule has 0 aliphatic carbocycles. The van der Waals surface area contributed by atoms with Gasteiger partial charge in [-0.25, -0.2) is 14.2 Å². The normalized spacial score (nSPS) is 9.50. The number of amides is 1. The number of rotatable bonds is 1. The number of hydrogen-bond acceptors (Lipinski definition) is 5.